The van der Waals surface area contributed by atoms with Crippen LogP contribution in [-0.2, 0) is 54.0 Å². The zero-order valence-electron chi connectivity index (χ0n) is 53.5. The van der Waals surface area contributed by atoms with Crippen LogP contribution >= 0.6 is 0 Å². The summed E-state index contributed by atoms with van der Waals surface area (Å²) < 4.78 is 0. The second-order valence-electron chi connectivity index (χ2n) is 20.9. The van der Waals surface area contributed by atoms with E-state index in [1.165, 1.54) is 0 Å². The average Bonchev–Trinajstić information content (AvgIpc) is 0.921. The Morgan fingerprint density at radius 3 is 0.264 bits per heavy atom. The first kappa shape index (κ1) is 117. The molecule has 0 aliphatic rings. The molecule has 0 aliphatic heterocycles. The van der Waals surface area contributed by atoms with E-state index in [1.54, 1.807) is 0 Å². The number of aliphatic hydroxyl groups excluding tert-OH is 42. The number of hydrogen-bond donors (Lipinski definition) is 42. The average molecular weight is 1760 g/mol. The van der Waals surface area contributed by atoms with Crippen LogP contribution in [0.5, 0.6) is 0 Å². The summed E-state index contributed by atoms with van der Waals surface area (Å²) in [4.78, 5) is 70.6. The smallest absolute Gasteiger partial charge is 0.122 e. The number of aliphatic carboxylic acids is 7. The minimum Gasteiger partial charge on any atom is -0.547 e. The van der Waals surface area contributed by atoms with Crippen LogP contribution < -0.4 is 35.7 Å². The first-order valence-corrected chi connectivity index (χ1v) is 28.3. The molecule has 0 fully saturated rings. The summed E-state index contributed by atoms with van der Waals surface area (Å²) in [5, 5.41) is 442. The molecule has 0 aromatic heterocycles. The molecular weight excluding hydrogens is 1670 g/mol. The fourth-order valence-electron chi connectivity index (χ4n) is 6.05. The Morgan fingerprint density at radius 2 is 0.217 bits per heavy atom. The first-order chi connectivity index (χ1) is 47.8. The molecule has 57 heteroatoms. The van der Waals surface area contributed by atoms with Gasteiger partial charge in [0.25, 0.3) is 0 Å². The Morgan fingerprint density at radius 1 is 0.151 bits per heavy atom. The van der Waals surface area contributed by atoms with Gasteiger partial charge in [-0.05, 0) is 0 Å². The number of carbonyl (C=O) groups is 7. The molecular formula is C49H91O56Re-7. The number of aliphatic hydroxyl groups is 42. The van der Waals surface area contributed by atoms with Crippen molar-refractivity contribution in [3.05, 3.63) is 0 Å². The molecule has 0 heterocycles. The van der Waals surface area contributed by atoms with E-state index in [2.05, 4.69) is 0 Å². The second-order valence-corrected chi connectivity index (χ2v) is 20.9. The molecule has 106 heavy (non-hydrogen) atoms. The van der Waals surface area contributed by atoms with E-state index in [9.17, 15) is 69.3 Å². The molecule has 0 aliphatic carbocycles. The Hall–Kier alpha value is -4.73. The molecule has 0 amide bonds. The molecule has 0 unspecified atom stereocenters. The van der Waals surface area contributed by atoms with Gasteiger partial charge in [0.15, 0.2) is 0 Å². The van der Waals surface area contributed by atoms with Crippen molar-refractivity contribution < 1.29 is 304 Å². The second kappa shape index (κ2) is 60.1. The van der Waals surface area contributed by atoms with E-state index >= 15 is 0 Å². The summed E-state index contributed by atoms with van der Waals surface area (Å²) in [5.41, 5.74) is 0. The zero-order chi connectivity index (χ0) is 85.2. The third-order valence-electron chi connectivity index (χ3n) is 12.9. The molecule has 637 valence electrons. The van der Waals surface area contributed by atoms with Crippen molar-refractivity contribution in [1.29, 1.82) is 0 Å². The summed E-state index contributed by atoms with van der Waals surface area (Å²) in [6.45, 7) is -6.28. The monoisotopic (exact) mass is 1760 g/mol. The van der Waals surface area contributed by atoms with E-state index in [1.807, 2.05) is 0 Å². The fraction of sp³-hybridized carbons (Fsp3) is 0.857. The summed E-state index contributed by atoms with van der Waals surface area (Å²) in [6.07, 6.45) is -73.5. The van der Waals surface area contributed by atoms with Crippen LogP contribution in [0.4, 0.5) is 0 Å². The SMILES string of the molecule is O=C([O-])[C@H](O)[C@H](O)[C@H](O)[C@@H](O)[C@H](O)CO.O=C([O-])[C@H](O)[C@H](O)[C@H](O)[C@@H](O)[C@H](O)CO.O=C([O-])[C@H](O)[C@H](O)[C@H](O)[C@@H](O)[C@H](O)CO.O=C([O-])[C@H](O)[C@H](O)[C@H](O)[C@@H](O)[C@H](O)CO.O=C([O-])[C@H](O)[C@H](O)[C@H](O)[C@@H](O)[C@H](O)CO.O=C([O-])[C@H](O)[C@H](O)[C@H](O)[C@@H](O)[C@H](O)CO.O=C([O-])[C@H](O)[C@H](O)[C@H](O)[C@@H](O)[C@H](O)CO.[Re]. The van der Waals surface area contributed by atoms with E-state index in [0.717, 1.165) is 0 Å². The summed E-state index contributed by atoms with van der Waals surface area (Å²) in [6, 6.07) is 0. The van der Waals surface area contributed by atoms with E-state index in [-0.39, 0.29) is 20.4 Å². The summed E-state index contributed by atoms with van der Waals surface area (Å²) in [7, 11) is 0. The topological polar surface area (TPSA) is 1130 Å². The minimum absolute atomic E-state index is 0. The van der Waals surface area contributed by atoms with Crippen molar-refractivity contribution in [2.45, 2.75) is 214 Å². The number of carboxylic acid groups (broad SMARTS) is 7. The Balaban J connectivity index is -0.000000176. The van der Waals surface area contributed by atoms with Crippen LogP contribution in [0.3, 0.4) is 0 Å². The molecule has 0 bridgehead atoms. The van der Waals surface area contributed by atoms with Crippen molar-refractivity contribution in [2.24, 2.45) is 0 Å². The maximum Gasteiger partial charge on any atom is 0.122 e. The molecule has 1 radical (unpaired) electrons. The van der Waals surface area contributed by atoms with E-state index in [4.69, 9.17) is 214 Å². The van der Waals surface area contributed by atoms with Crippen molar-refractivity contribution in [3.63, 3.8) is 0 Å². The van der Waals surface area contributed by atoms with E-state index in [0.29, 0.717) is 0 Å². The maximum absolute atomic E-state index is 10.1. The molecule has 35 atom stereocenters. The Labute approximate surface area is 604 Å². The number of hydrogen-bond acceptors (Lipinski definition) is 56. The van der Waals surface area contributed by atoms with Crippen molar-refractivity contribution in [2.75, 3.05) is 46.2 Å². The first-order valence-electron chi connectivity index (χ1n) is 28.3. The largest absolute Gasteiger partial charge is 0.547 e. The van der Waals surface area contributed by atoms with Crippen LogP contribution in [0.2, 0.25) is 0 Å². The molecule has 0 saturated carbocycles. The van der Waals surface area contributed by atoms with Crippen LogP contribution in [-0.4, -0.2) is 516 Å². The fourth-order valence-corrected chi connectivity index (χ4v) is 6.05. The maximum atomic E-state index is 10.1. The van der Waals surface area contributed by atoms with Crippen LogP contribution in [0.15, 0.2) is 0 Å². The Bertz CT molecular complexity index is 1890. The quantitative estimate of drug-likeness (QED) is 0.0270. The van der Waals surface area contributed by atoms with Gasteiger partial charge < -0.3 is 284 Å². The van der Waals surface area contributed by atoms with E-state index < -0.39 is 302 Å². The zero-order valence-corrected chi connectivity index (χ0v) is 56.2. The van der Waals surface area contributed by atoms with Crippen molar-refractivity contribution in [1.82, 2.24) is 0 Å². The van der Waals surface area contributed by atoms with Gasteiger partial charge in [-0.25, -0.2) is 0 Å². The van der Waals surface area contributed by atoms with Gasteiger partial charge in [0.2, 0.25) is 0 Å². The van der Waals surface area contributed by atoms with Crippen molar-refractivity contribution >= 4 is 41.8 Å². The van der Waals surface area contributed by atoms with Gasteiger partial charge in [0, 0.05) is 20.4 Å². The molecule has 0 spiro atoms. The van der Waals surface area contributed by atoms with Crippen LogP contribution in [0, 0.1) is 0 Å². The predicted molar refractivity (Wildman–Crippen MR) is 295 cm³/mol. The van der Waals surface area contributed by atoms with Gasteiger partial charge in [0.1, 0.15) is 214 Å². The molecule has 0 saturated heterocycles. The van der Waals surface area contributed by atoms with Gasteiger partial charge in [0.05, 0.1) is 88.0 Å². The number of rotatable bonds is 42. The normalized spacial score (nSPS) is 21.3. The summed E-state index contributed by atoms with van der Waals surface area (Å²) in [5.74, 6) is -14.2. The third kappa shape index (κ3) is 43.0. The number of carbonyl (C=O) groups excluding carboxylic acids is 7. The molecule has 56 nitrogen and oxygen atoms in total. The molecule has 0 aromatic rings. The summed E-state index contributed by atoms with van der Waals surface area (Å²) >= 11 is 0. The van der Waals surface area contributed by atoms with Gasteiger partial charge in [-0.2, -0.15) is 0 Å². The van der Waals surface area contributed by atoms with Gasteiger partial charge in [-0.15, -0.1) is 0 Å². The molecule has 0 aromatic carbocycles. The number of carboxylic acids is 7. The standard InChI is InChI=1S/7C7H14O8.Re/c7*8-1-2(9)3(10)4(11)5(12)6(13)7(14)15;/h7*2-6,8-13H,1H2,(H,14,15);/p-7/t7*2-,3+,4-,5-,6-;/m1111111./s1. The van der Waals surface area contributed by atoms with Crippen LogP contribution in [0.25, 0.3) is 0 Å². The van der Waals surface area contributed by atoms with Gasteiger partial charge in [-0.1, -0.05) is 0 Å². The molecule has 0 rings (SSSR count). The molecule has 42 N–H and O–H groups in total. The third-order valence-corrected chi connectivity index (χ3v) is 12.9. The van der Waals surface area contributed by atoms with Gasteiger partial charge >= 0.3 is 0 Å². The van der Waals surface area contributed by atoms with Crippen molar-refractivity contribution in [3.8, 4) is 0 Å². The predicted octanol–water partition coefficient (Wildman–Crippen LogP) is -38.3. The minimum atomic E-state index is -2.40. The Kier molecular flexibility index (Phi) is 66.3. The van der Waals surface area contributed by atoms with Gasteiger partial charge in [-0.3, -0.25) is 0 Å². The van der Waals surface area contributed by atoms with Crippen LogP contribution in [0.1, 0.15) is 0 Å².